The number of nitriles is 1. The van der Waals surface area contributed by atoms with Crippen molar-refractivity contribution >= 4 is 0 Å². The van der Waals surface area contributed by atoms with E-state index in [4.69, 9.17) is 5.26 Å². The summed E-state index contributed by atoms with van der Waals surface area (Å²) in [6.07, 6.45) is 1.74. The fourth-order valence-corrected chi connectivity index (χ4v) is 1.34. The van der Waals surface area contributed by atoms with Gasteiger partial charge in [-0.05, 0) is 12.1 Å². The Morgan fingerprint density at radius 1 is 1.40 bits per heavy atom. The number of benzene rings is 1. The third-order valence-electron chi connectivity index (χ3n) is 2.04. The number of halogens is 1. The molecule has 0 fully saturated rings. The van der Waals surface area contributed by atoms with Gasteiger partial charge in [0.15, 0.2) is 0 Å². The molecule has 15 heavy (non-hydrogen) atoms. The molecule has 3 nitrogen and oxygen atoms in total. The maximum Gasteiger partial charge on any atom is 0.132 e. The summed E-state index contributed by atoms with van der Waals surface area (Å²) >= 11 is 0. The van der Waals surface area contributed by atoms with Crippen LogP contribution >= 0.6 is 0 Å². The zero-order valence-corrected chi connectivity index (χ0v) is 7.87. The number of hydrogen-bond donors (Lipinski definition) is 1. The maximum absolute atomic E-state index is 13.4. The molecule has 4 heteroatoms. The summed E-state index contributed by atoms with van der Waals surface area (Å²) in [5, 5.41) is 8.47. The predicted octanol–water partition coefficient (Wildman–Crippen LogP) is 2.28. The van der Waals surface area contributed by atoms with Gasteiger partial charge < -0.3 is 4.98 Å². The van der Waals surface area contributed by atoms with E-state index in [1.165, 1.54) is 12.3 Å². The van der Waals surface area contributed by atoms with Crippen molar-refractivity contribution in [3.05, 3.63) is 42.1 Å². The lowest BCUT2D eigenvalue weighted by atomic mass is 10.1. The van der Waals surface area contributed by atoms with Crippen LogP contribution in [0.3, 0.4) is 0 Å². The second-order valence-corrected chi connectivity index (χ2v) is 3.06. The zero-order chi connectivity index (χ0) is 10.7. The highest BCUT2D eigenvalue weighted by Crippen LogP contribution is 2.20. The third kappa shape index (κ3) is 1.86. The molecule has 0 aliphatic rings. The highest BCUT2D eigenvalue weighted by molar-refractivity contribution is 5.59. The van der Waals surface area contributed by atoms with E-state index in [1.54, 1.807) is 18.2 Å². The summed E-state index contributed by atoms with van der Waals surface area (Å²) in [5.74, 6) is 0.250. The SMILES string of the molecule is N#CCc1ncc(-c2ccccc2F)[nH]1. The van der Waals surface area contributed by atoms with Crippen LogP contribution in [0.1, 0.15) is 5.82 Å². The number of nitrogens with zero attached hydrogens (tertiary/aromatic N) is 2. The molecule has 2 rings (SSSR count). The fraction of sp³-hybridized carbons (Fsp3) is 0.0909. The van der Waals surface area contributed by atoms with Gasteiger partial charge in [0.1, 0.15) is 11.6 Å². The molecule has 1 heterocycles. The Hall–Kier alpha value is -2.15. The number of hydrogen-bond acceptors (Lipinski definition) is 2. The summed E-state index contributed by atoms with van der Waals surface area (Å²) in [5.41, 5.74) is 1.06. The van der Waals surface area contributed by atoms with Gasteiger partial charge in [0.05, 0.1) is 24.4 Å². The van der Waals surface area contributed by atoms with E-state index in [-0.39, 0.29) is 12.2 Å². The van der Waals surface area contributed by atoms with Gasteiger partial charge in [0.2, 0.25) is 0 Å². The Bertz CT molecular complexity index is 511. The highest BCUT2D eigenvalue weighted by atomic mass is 19.1. The minimum atomic E-state index is -0.301. The lowest BCUT2D eigenvalue weighted by Gasteiger charge is -1.97. The smallest absolute Gasteiger partial charge is 0.132 e. The second-order valence-electron chi connectivity index (χ2n) is 3.06. The van der Waals surface area contributed by atoms with E-state index in [9.17, 15) is 4.39 Å². The van der Waals surface area contributed by atoms with Gasteiger partial charge in [-0.3, -0.25) is 0 Å². The van der Waals surface area contributed by atoms with Gasteiger partial charge in [-0.25, -0.2) is 9.37 Å². The molecule has 0 unspecified atom stereocenters. The molecule has 1 N–H and O–H groups in total. The van der Waals surface area contributed by atoms with Crippen molar-refractivity contribution in [1.29, 1.82) is 5.26 Å². The van der Waals surface area contributed by atoms with Crippen molar-refractivity contribution in [2.45, 2.75) is 6.42 Å². The number of aromatic nitrogens is 2. The van der Waals surface area contributed by atoms with Gasteiger partial charge >= 0.3 is 0 Å². The lowest BCUT2D eigenvalue weighted by molar-refractivity contribution is 0.631. The fourth-order valence-electron chi connectivity index (χ4n) is 1.34. The Balaban J connectivity index is 2.38. The summed E-state index contributed by atoms with van der Waals surface area (Å²) in [7, 11) is 0. The van der Waals surface area contributed by atoms with E-state index < -0.39 is 0 Å². The van der Waals surface area contributed by atoms with Gasteiger partial charge in [-0.1, -0.05) is 12.1 Å². The average Bonchev–Trinajstić information content (AvgIpc) is 2.68. The number of rotatable bonds is 2. The van der Waals surface area contributed by atoms with Crippen LogP contribution in [0.2, 0.25) is 0 Å². The van der Waals surface area contributed by atoms with E-state index in [2.05, 4.69) is 9.97 Å². The molecule has 2 aromatic rings. The van der Waals surface area contributed by atoms with E-state index in [1.807, 2.05) is 6.07 Å². The molecule has 0 spiro atoms. The van der Waals surface area contributed by atoms with Crippen LogP contribution in [-0.4, -0.2) is 9.97 Å². The molecule has 0 radical (unpaired) electrons. The first-order valence-corrected chi connectivity index (χ1v) is 4.47. The van der Waals surface area contributed by atoms with Crippen molar-refractivity contribution in [2.24, 2.45) is 0 Å². The summed E-state index contributed by atoms with van der Waals surface area (Å²) in [6.45, 7) is 0. The highest BCUT2D eigenvalue weighted by Gasteiger charge is 2.06. The van der Waals surface area contributed by atoms with Crippen LogP contribution in [0, 0.1) is 17.1 Å². The summed E-state index contributed by atoms with van der Waals surface area (Å²) in [6, 6.07) is 8.41. The van der Waals surface area contributed by atoms with Crippen LogP contribution < -0.4 is 0 Å². The van der Waals surface area contributed by atoms with Crippen molar-refractivity contribution in [3.63, 3.8) is 0 Å². The molecule has 0 amide bonds. The first-order valence-electron chi connectivity index (χ1n) is 4.47. The van der Waals surface area contributed by atoms with Crippen molar-refractivity contribution in [1.82, 2.24) is 9.97 Å². The monoisotopic (exact) mass is 201 g/mol. The Labute approximate surface area is 86.2 Å². The van der Waals surface area contributed by atoms with Crippen LogP contribution in [0.4, 0.5) is 4.39 Å². The Kier molecular flexibility index (Phi) is 2.46. The number of aromatic amines is 1. The quantitative estimate of drug-likeness (QED) is 0.810. The van der Waals surface area contributed by atoms with Crippen LogP contribution in [0.25, 0.3) is 11.3 Å². The molecule has 0 bridgehead atoms. The molecule has 74 valence electrons. The van der Waals surface area contributed by atoms with Gasteiger partial charge in [0.25, 0.3) is 0 Å². The van der Waals surface area contributed by atoms with Gasteiger partial charge in [-0.15, -0.1) is 0 Å². The first kappa shape index (κ1) is 9.41. The van der Waals surface area contributed by atoms with E-state index >= 15 is 0 Å². The molecule has 0 saturated carbocycles. The van der Waals surface area contributed by atoms with Crippen LogP contribution in [-0.2, 0) is 6.42 Å². The van der Waals surface area contributed by atoms with E-state index in [0.29, 0.717) is 17.1 Å². The standard InChI is InChI=1S/C11H8FN3/c12-9-4-2-1-3-8(9)10-7-14-11(15-10)5-6-13/h1-4,7H,5H2,(H,14,15). The molecule has 1 aromatic carbocycles. The number of H-pyrrole nitrogens is 1. The molecular weight excluding hydrogens is 193 g/mol. The molecule has 0 aliphatic carbocycles. The molecular formula is C11H8FN3. The molecule has 0 saturated heterocycles. The van der Waals surface area contributed by atoms with Gasteiger partial charge in [0, 0.05) is 5.56 Å². The Morgan fingerprint density at radius 3 is 2.93 bits per heavy atom. The van der Waals surface area contributed by atoms with Crippen molar-refractivity contribution in [2.75, 3.05) is 0 Å². The van der Waals surface area contributed by atoms with Gasteiger partial charge in [-0.2, -0.15) is 5.26 Å². The number of nitrogens with one attached hydrogen (secondary N) is 1. The predicted molar refractivity (Wildman–Crippen MR) is 53.3 cm³/mol. The average molecular weight is 201 g/mol. The summed E-state index contributed by atoms with van der Waals surface area (Å²) in [4.78, 5) is 6.88. The summed E-state index contributed by atoms with van der Waals surface area (Å²) < 4.78 is 13.4. The Morgan fingerprint density at radius 2 is 2.20 bits per heavy atom. The number of imidazole rings is 1. The minimum Gasteiger partial charge on any atom is -0.341 e. The van der Waals surface area contributed by atoms with Crippen LogP contribution in [0.5, 0.6) is 0 Å². The largest absolute Gasteiger partial charge is 0.341 e. The third-order valence-corrected chi connectivity index (χ3v) is 2.04. The minimum absolute atomic E-state index is 0.203. The maximum atomic E-state index is 13.4. The van der Waals surface area contributed by atoms with E-state index in [0.717, 1.165) is 0 Å². The normalized spacial score (nSPS) is 9.87. The van der Waals surface area contributed by atoms with Crippen molar-refractivity contribution in [3.8, 4) is 17.3 Å². The molecule has 0 atom stereocenters. The van der Waals surface area contributed by atoms with Crippen LogP contribution in [0.15, 0.2) is 30.5 Å². The molecule has 1 aromatic heterocycles. The zero-order valence-electron chi connectivity index (χ0n) is 7.87. The topological polar surface area (TPSA) is 52.5 Å². The molecule has 0 aliphatic heterocycles. The lowest BCUT2D eigenvalue weighted by Crippen LogP contribution is -1.86. The first-order chi connectivity index (χ1) is 7.31. The second kappa shape index (κ2) is 3.93. The van der Waals surface area contributed by atoms with Crippen molar-refractivity contribution < 1.29 is 4.39 Å².